The molecule has 1 aliphatic rings. The van der Waals surface area contributed by atoms with Crippen molar-refractivity contribution in [2.24, 2.45) is 5.92 Å². The van der Waals surface area contributed by atoms with E-state index in [1.54, 1.807) is 0 Å². The van der Waals surface area contributed by atoms with Gasteiger partial charge in [0.05, 0.1) is 0 Å². The van der Waals surface area contributed by atoms with Crippen molar-refractivity contribution in [3.63, 3.8) is 0 Å². The van der Waals surface area contributed by atoms with Crippen molar-refractivity contribution in [2.75, 3.05) is 0 Å². The fourth-order valence-corrected chi connectivity index (χ4v) is 2.72. The monoisotopic (exact) mass is 280 g/mol. The van der Waals surface area contributed by atoms with Gasteiger partial charge in [0.25, 0.3) is 5.91 Å². The van der Waals surface area contributed by atoms with Crippen LogP contribution in [0.2, 0.25) is 0 Å². The van der Waals surface area contributed by atoms with Gasteiger partial charge < -0.3 is 10.4 Å². The number of carboxylic acid groups (broad SMARTS) is 1. The molecular formula is C14H17FN2O3. The number of hydrogen-bond acceptors (Lipinski definition) is 3. The molecule has 1 heterocycles. The molecule has 1 fully saturated rings. The number of aliphatic carboxylic acids is 1. The van der Waals surface area contributed by atoms with Gasteiger partial charge in [-0.15, -0.1) is 0 Å². The van der Waals surface area contributed by atoms with Crippen molar-refractivity contribution in [3.05, 3.63) is 29.8 Å². The molecule has 5 nitrogen and oxygen atoms in total. The Balaban J connectivity index is 2.24. The van der Waals surface area contributed by atoms with Crippen molar-refractivity contribution in [3.8, 4) is 0 Å². The first-order chi connectivity index (χ1) is 9.45. The van der Waals surface area contributed by atoms with Gasteiger partial charge in [0.15, 0.2) is 0 Å². The van der Waals surface area contributed by atoms with Gasteiger partial charge in [-0.05, 0) is 24.8 Å². The van der Waals surface area contributed by atoms with Crippen LogP contribution in [0, 0.1) is 11.9 Å². The third-order valence-electron chi connectivity index (χ3n) is 4.01. The number of carbonyl (C=O) groups excluding carboxylic acids is 1. The molecule has 108 valence electrons. The third kappa shape index (κ3) is 2.64. The Morgan fingerprint density at radius 2 is 2.25 bits per heavy atom. The maximum atomic E-state index is 13.0. The van der Waals surface area contributed by atoms with Crippen LogP contribution in [-0.2, 0) is 4.79 Å². The minimum Gasteiger partial charge on any atom is -0.479 e. The Hall–Kier alpha value is -1.98. The molecule has 20 heavy (non-hydrogen) atoms. The lowest BCUT2D eigenvalue weighted by atomic mass is 9.73. The van der Waals surface area contributed by atoms with E-state index >= 15 is 0 Å². The fraction of sp³-hybridized carbons (Fsp3) is 0.500. The zero-order valence-corrected chi connectivity index (χ0v) is 11.2. The number of rotatable bonds is 3. The van der Waals surface area contributed by atoms with E-state index in [0.717, 1.165) is 25.3 Å². The smallest absolute Gasteiger partial charge is 0.329 e. The van der Waals surface area contributed by atoms with E-state index in [0.29, 0.717) is 6.42 Å². The molecule has 6 heteroatoms. The van der Waals surface area contributed by atoms with Gasteiger partial charge in [0.1, 0.15) is 5.54 Å². The summed E-state index contributed by atoms with van der Waals surface area (Å²) in [6.07, 6.45) is 4.03. The van der Waals surface area contributed by atoms with E-state index in [2.05, 4.69) is 10.3 Å². The van der Waals surface area contributed by atoms with Crippen LogP contribution in [-0.4, -0.2) is 27.5 Å². The van der Waals surface area contributed by atoms with Gasteiger partial charge in [-0.3, -0.25) is 4.79 Å². The summed E-state index contributed by atoms with van der Waals surface area (Å²) >= 11 is 0. The molecule has 0 radical (unpaired) electrons. The molecule has 0 aromatic carbocycles. The fourth-order valence-electron chi connectivity index (χ4n) is 2.72. The highest BCUT2D eigenvalue weighted by Crippen LogP contribution is 2.34. The normalized spacial score (nSPS) is 26.0. The average Bonchev–Trinajstić information content (AvgIpc) is 2.41. The SMILES string of the molecule is CC1CCCCC1(NC(=O)c1ccnc(F)c1)C(=O)O. The van der Waals surface area contributed by atoms with E-state index in [1.807, 2.05) is 6.92 Å². The molecule has 2 N–H and O–H groups in total. The van der Waals surface area contributed by atoms with Crippen LogP contribution >= 0.6 is 0 Å². The standard InChI is InChI=1S/C14H17FN2O3/c1-9-4-2-3-6-14(9,13(19)20)17-12(18)10-5-7-16-11(15)8-10/h5,7-9H,2-4,6H2,1H3,(H,17,18)(H,19,20). The zero-order chi connectivity index (χ0) is 14.8. The Kier molecular flexibility index (Phi) is 4.01. The molecular weight excluding hydrogens is 263 g/mol. The van der Waals surface area contributed by atoms with Gasteiger partial charge in [-0.1, -0.05) is 19.8 Å². The van der Waals surface area contributed by atoms with E-state index in [4.69, 9.17) is 0 Å². The van der Waals surface area contributed by atoms with Crippen LogP contribution in [0.25, 0.3) is 0 Å². The van der Waals surface area contributed by atoms with Crippen molar-refractivity contribution >= 4 is 11.9 Å². The van der Waals surface area contributed by atoms with Crippen LogP contribution in [0.1, 0.15) is 43.0 Å². The summed E-state index contributed by atoms with van der Waals surface area (Å²) in [4.78, 5) is 27.1. The third-order valence-corrected chi connectivity index (χ3v) is 4.01. The number of carboxylic acids is 1. The number of nitrogens with zero attached hydrogens (tertiary/aromatic N) is 1. The van der Waals surface area contributed by atoms with E-state index < -0.39 is 23.4 Å². The Labute approximate surface area is 116 Å². The largest absolute Gasteiger partial charge is 0.479 e. The molecule has 1 amide bonds. The van der Waals surface area contributed by atoms with Gasteiger partial charge in [0.2, 0.25) is 5.95 Å². The number of hydrogen-bond donors (Lipinski definition) is 2. The van der Waals surface area contributed by atoms with Crippen molar-refractivity contribution in [1.82, 2.24) is 10.3 Å². The number of carbonyl (C=O) groups is 2. The molecule has 0 bridgehead atoms. The molecule has 2 unspecified atom stereocenters. The molecule has 0 saturated heterocycles. The zero-order valence-electron chi connectivity index (χ0n) is 11.2. The topological polar surface area (TPSA) is 79.3 Å². The predicted molar refractivity (Wildman–Crippen MR) is 69.7 cm³/mol. The van der Waals surface area contributed by atoms with Crippen LogP contribution < -0.4 is 5.32 Å². The Morgan fingerprint density at radius 3 is 2.85 bits per heavy atom. The highest BCUT2D eigenvalue weighted by atomic mass is 19.1. The highest BCUT2D eigenvalue weighted by Gasteiger charge is 2.46. The number of pyridine rings is 1. The molecule has 0 aliphatic heterocycles. The lowest BCUT2D eigenvalue weighted by molar-refractivity contribution is -0.148. The first-order valence-electron chi connectivity index (χ1n) is 6.63. The van der Waals surface area contributed by atoms with Crippen LogP contribution in [0.5, 0.6) is 0 Å². The van der Waals surface area contributed by atoms with Crippen molar-refractivity contribution < 1.29 is 19.1 Å². The summed E-state index contributed by atoms with van der Waals surface area (Å²) in [5, 5.41) is 12.1. The minimum atomic E-state index is -1.27. The first kappa shape index (κ1) is 14.4. The summed E-state index contributed by atoms with van der Waals surface area (Å²) in [5.74, 6) is -2.54. The molecule has 1 aromatic heterocycles. The van der Waals surface area contributed by atoms with Gasteiger partial charge in [-0.2, -0.15) is 4.39 Å². The van der Waals surface area contributed by atoms with E-state index in [1.165, 1.54) is 12.3 Å². The molecule has 1 aromatic rings. The molecule has 2 atom stereocenters. The van der Waals surface area contributed by atoms with Crippen LogP contribution in [0.4, 0.5) is 4.39 Å². The maximum absolute atomic E-state index is 13.0. The van der Waals surface area contributed by atoms with Crippen LogP contribution in [0.3, 0.4) is 0 Å². The van der Waals surface area contributed by atoms with Crippen molar-refractivity contribution in [1.29, 1.82) is 0 Å². The second-order valence-corrected chi connectivity index (χ2v) is 5.24. The summed E-state index contributed by atoms with van der Waals surface area (Å²) in [7, 11) is 0. The molecule has 2 rings (SSSR count). The van der Waals surface area contributed by atoms with Crippen LogP contribution in [0.15, 0.2) is 18.3 Å². The van der Waals surface area contributed by atoms with Gasteiger partial charge in [0, 0.05) is 17.8 Å². The average molecular weight is 280 g/mol. The number of nitrogens with one attached hydrogen (secondary N) is 1. The predicted octanol–water partition coefficient (Wildman–Crippen LogP) is 1.98. The van der Waals surface area contributed by atoms with E-state index in [-0.39, 0.29) is 11.5 Å². The van der Waals surface area contributed by atoms with Gasteiger partial charge in [-0.25, -0.2) is 9.78 Å². The summed E-state index contributed by atoms with van der Waals surface area (Å²) in [6.45, 7) is 1.82. The van der Waals surface area contributed by atoms with Crippen molar-refractivity contribution in [2.45, 2.75) is 38.1 Å². The number of halogens is 1. The number of amides is 1. The second kappa shape index (κ2) is 5.56. The Bertz CT molecular complexity index is 535. The highest BCUT2D eigenvalue weighted by molar-refractivity contribution is 5.97. The van der Waals surface area contributed by atoms with Gasteiger partial charge >= 0.3 is 5.97 Å². The molecule has 0 spiro atoms. The second-order valence-electron chi connectivity index (χ2n) is 5.24. The lowest BCUT2D eigenvalue weighted by Gasteiger charge is -2.39. The van der Waals surface area contributed by atoms with E-state index in [9.17, 15) is 19.1 Å². The first-order valence-corrected chi connectivity index (χ1v) is 6.63. The molecule has 1 saturated carbocycles. The Morgan fingerprint density at radius 1 is 1.50 bits per heavy atom. The quantitative estimate of drug-likeness (QED) is 0.830. The number of aromatic nitrogens is 1. The summed E-state index contributed by atoms with van der Waals surface area (Å²) < 4.78 is 13.0. The maximum Gasteiger partial charge on any atom is 0.329 e. The lowest BCUT2D eigenvalue weighted by Crippen LogP contribution is -2.60. The minimum absolute atomic E-state index is 0.0795. The summed E-state index contributed by atoms with van der Waals surface area (Å²) in [6, 6.07) is 2.36. The summed E-state index contributed by atoms with van der Waals surface area (Å²) in [5.41, 5.74) is -1.19. The molecule has 1 aliphatic carbocycles.